The van der Waals surface area contributed by atoms with Gasteiger partial charge in [0.15, 0.2) is 6.10 Å². The van der Waals surface area contributed by atoms with Crippen molar-refractivity contribution in [1.82, 2.24) is 19.6 Å². The van der Waals surface area contributed by atoms with Crippen LogP contribution in [0.3, 0.4) is 0 Å². The van der Waals surface area contributed by atoms with Crippen LogP contribution in [0.1, 0.15) is 41.7 Å². The number of hydrogen-bond donors (Lipinski definition) is 0. The molecule has 1 aliphatic heterocycles. The number of aromatic nitrogens is 4. The number of rotatable bonds is 5. The lowest BCUT2D eigenvalue weighted by Gasteiger charge is -2.21. The number of fused-ring (bicyclic) bond motifs is 2. The van der Waals surface area contributed by atoms with E-state index in [1.807, 2.05) is 24.3 Å². The number of halogens is 3. The lowest BCUT2D eigenvalue weighted by atomic mass is 10.1. The molecule has 2 aromatic heterocycles. The standard InChI is InChI=1S/C22H22F3N5O3/c1-12-16(13(2)30-21(26-12)27-20(28-30)22(23,24)25)8-9-18(31)33-14(3)19(32)29-11-10-15-6-4-5-7-17(15)29/h4-7,14H,8-11H2,1-3H3. The summed E-state index contributed by atoms with van der Waals surface area (Å²) in [5.41, 5.74) is 3.32. The molecule has 3 aromatic rings. The largest absolute Gasteiger partial charge is 0.453 e. The molecular weight excluding hydrogens is 439 g/mol. The average molecular weight is 461 g/mol. The zero-order valence-corrected chi connectivity index (χ0v) is 18.3. The second-order valence-electron chi connectivity index (χ2n) is 7.91. The van der Waals surface area contributed by atoms with E-state index in [0.29, 0.717) is 23.5 Å². The monoisotopic (exact) mass is 461 g/mol. The summed E-state index contributed by atoms with van der Waals surface area (Å²) in [6, 6.07) is 7.58. The Morgan fingerprint density at radius 2 is 1.91 bits per heavy atom. The molecule has 0 N–H and O–H groups in total. The number of alkyl halides is 3. The molecule has 0 saturated carbocycles. The molecule has 0 radical (unpaired) electrons. The molecule has 1 amide bonds. The number of carbonyl (C=O) groups excluding carboxylic acids is 2. The summed E-state index contributed by atoms with van der Waals surface area (Å²) >= 11 is 0. The minimum absolute atomic E-state index is 0.0656. The molecule has 1 aromatic carbocycles. The van der Waals surface area contributed by atoms with E-state index in [9.17, 15) is 22.8 Å². The van der Waals surface area contributed by atoms with E-state index in [1.54, 1.807) is 18.7 Å². The number of hydrogen-bond acceptors (Lipinski definition) is 6. The number of amides is 1. The second kappa shape index (κ2) is 8.45. The van der Waals surface area contributed by atoms with Crippen molar-refractivity contribution in [2.75, 3.05) is 11.4 Å². The highest BCUT2D eigenvalue weighted by Gasteiger charge is 2.37. The van der Waals surface area contributed by atoms with Gasteiger partial charge in [-0.1, -0.05) is 18.2 Å². The third kappa shape index (κ3) is 4.39. The van der Waals surface area contributed by atoms with Gasteiger partial charge in [-0.25, -0.2) is 9.50 Å². The van der Waals surface area contributed by atoms with Crippen LogP contribution in [0.2, 0.25) is 0 Å². The number of para-hydroxylation sites is 1. The highest BCUT2D eigenvalue weighted by Crippen LogP contribution is 2.29. The van der Waals surface area contributed by atoms with Gasteiger partial charge in [0.2, 0.25) is 0 Å². The Morgan fingerprint density at radius 1 is 1.18 bits per heavy atom. The zero-order chi connectivity index (χ0) is 23.9. The second-order valence-corrected chi connectivity index (χ2v) is 7.91. The molecule has 33 heavy (non-hydrogen) atoms. The molecule has 8 nitrogen and oxygen atoms in total. The van der Waals surface area contributed by atoms with Crippen molar-refractivity contribution in [3.8, 4) is 0 Å². The summed E-state index contributed by atoms with van der Waals surface area (Å²) in [4.78, 5) is 34.3. The maximum atomic E-state index is 12.9. The minimum atomic E-state index is -4.68. The van der Waals surface area contributed by atoms with Crippen molar-refractivity contribution in [3.05, 3.63) is 52.6 Å². The van der Waals surface area contributed by atoms with Crippen LogP contribution >= 0.6 is 0 Å². The van der Waals surface area contributed by atoms with Gasteiger partial charge in [-0.3, -0.25) is 9.59 Å². The van der Waals surface area contributed by atoms with Gasteiger partial charge in [-0.2, -0.15) is 18.2 Å². The summed E-state index contributed by atoms with van der Waals surface area (Å²) in [5.74, 6) is -2.32. The highest BCUT2D eigenvalue weighted by atomic mass is 19.4. The quantitative estimate of drug-likeness (QED) is 0.542. The van der Waals surface area contributed by atoms with E-state index in [0.717, 1.165) is 22.2 Å². The molecule has 4 rings (SSSR count). The maximum Gasteiger partial charge on any atom is 0.453 e. The van der Waals surface area contributed by atoms with Crippen molar-refractivity contribution in [3.63, 3.8) is 0 Å². The Hall–Kier alpha value is -3.50. The highest BCUT2D eigenvalue weighted by molar-refractivity contribution is 5.99. The van der Waals surface area contributed by atoms with Gasteiger partial charge >= 0.3 is 12.1 Å². The first-order valence-corrected chi connectivity index (χ1v) is 10.4. The van der Waals surface area contributed by atoms with E-state index in [4.69, 9.17) is 4.74 Å². The van der Waals surface area contributed by atoms with Crippen LogP contribution < -0.4 is 4.90 Å². The Balaban J connectivity index is 1.42. The topological polar surface area (TPSA) is 89.7 Å². The van der Waals surface area contributed by atoms with Crippen LogP contribution in [0, 0.1) is 13.8 Å². The molecule has 0 spiro atoms. The number of benzene rings is 1. The van der Waals surface area contributed by atoms with Crippen molar-refractivity contribution in [1.29, 1.82) is 0 Å². The smallest absolute Gasteiger partial charge is 0.453 e. The summed E-state index contributed by atoms with van der Waals surface area (Å²) in [6.07, 6.45) is -4.79. The third-order valence-corrected chi connectivity index (χ3v) is 5.69. The van der Waals surface area contributed by atoms with E-state index in [-0.39, 0.29) is 24.5 Å². The summed E-state index contributed by atoms with van der Waals surface area (Å²) < 4.78 is 45.2. The first-order valence-electron chi connectivity index (χ1n) is 10.4. The van der Waals surface area contributed by atoms with Gasteiger partial charge in [-0.15, -0.1) is 5.10 Å². The van der Waals surface area contributed by atoms with Crippen LogP contribution in [0.25, 0.3) is 5.78 Å². The van der Waals surface area contributed by atoms with Gasteiger partial charge in [0.05, 0.1) is 0 Å². The Labute approximate surface area is 187 Å². The molecule has 174 valence electrons. The molecule has 3 heterocycles. The predicted octanol–water partition coefficient (Wildman–Crippen LogP) is 3.21. The predicted molar refractivity (Wildman–Crippen MR) is 112 cm³/mol. The molecule has 1 atom stereocenters. The number of esters is 1. The van der Waals surface area contributed by atoms with Crippen molar-refractivity contribution in [2.45, 2.75) is 52.3 Å². The Morgan fingerprint density at radius 3 is 2.64 bits per heavy atom. The molecule has 0 saturated heterocycles. The summed E-state index contributed by atoms with van der Waals surface area (Å²) in [5, 5.41) is 3.50. The molecule has 0 aliphatic carbocycles. The van der Waals surface area contributed by atoms with Gasteiger partial charge in [-0.05, 0) is 50.8 Å². The van der Waals surface area contributed by atoms with E-state index >= 15 is 0 Å². The zero-order valence-electron chi connectivity index (χ0n) is 18.3. The fourth-order valence-electron chi connectivity index (χ4n) is 4.01. The van der Waals surface area contributed by atoms with E-state index in [1.165, 1.54) is 6.92 Å². The molecule has 0 fully saturated rings. The van der Waals surface area contributed by atoms with E-state index < -0.39 is 24.1 Å². The number of ether oxygens (including phenoxy) is 1. The molecular formula is C22H22F3N5O3. The Bertz CT molecular complexity index is 1240. The van der Waals surface area contributed by atoms with Crippen LogP contribution in [0.5, 0.6) is 0 Å². The van der Waals surface area contributed by atoms with Gasteiger partial charge in [0.1, 0.15) is 0 Å². The first kappa shape index (κ1) is 22.7. The van der Waals surface area contributed by atoms with Crippen molar-refractivity contribution >= 4 is 23.3 Å². The van der Waals surface area contributed by atoms with Crippen LogP contribution in [-0.4, -0.2) is 44.1 Å². The van der Waals surface area contributed by atoms with Gasteiger partial charge in [0.25, 0.3) is 17.5 Å². The molecule has 11 heteroatoms. The SMILES string of the molecule is Cc1nc2nc(C(F)(F)F)nn2c(C)c1CCC(=O)OC(C)C(=O)N1CCc2ccccc21. The fraction of sp³-hybridized carbons (Fsp3) is 0.409. The lowest BCUT2D eigenvalue weighted by Crippen LogP contribution is -2.39. The van der Waals surface area contributed by atoms with Crippen LogP contribution in [0.4, 0.5) is 18.9 Å². The molecule has 1 unspecified atom stereocenters. The normalized spacial score (nSPS) is 14.4. The molecule has 1 aliphatic rings. The maximum absolute atomic E-state index is 12.9. The number of anilines is 1. The van der Waals surface area contributed by atoms with Crippen LogP contribution in [-0.2, 0) is 33.3 Å². The minimum Gasteiger partial charge on any atom is -0.453 e. The average Bonchev–Trinajstić information content (AvgIpc) is 3.37. The molecule has 0 bridgehead atoms. The number of carbonyl (C=O) groups is 2. The van der Waals surface area contributed by atoms with Crippen molar-refractivity contribution in [2.24, 2.45) is 0 Å². The lowest BCUT2D eigenvalue weighted by molar-refractivity contribution is -0.153. The summed E-state index contributed by atoms with van der Waals surface area (Å²) in [6.45, 7) is 5.28. The first-order chi connectivity index (χ1) is 15.6. The summed E-state index contributed by atoms with van der Waals surface area (Å²) in [7, 11) is 0. The number of nitrogens with zero attached hydrogens (tertiary/aromatic N) is 5. The van der Waals surface area contributed by atoms with Crippen LogP contribution in [0.15, 0.2) is 24.3 Å². The Kier molecular flexibility index (Phi) is 5.81. The fourth-order valence-corrected chi connectivity index (χ4v) is 4.01. The third-order valence-electron chi connectivity index (χ3n) is 5.69. The van der Waals surface area contributed by atoms with Crippen molar-refractivity contribution < 1.29 is 27.5 Å². The number of aryl methyl sites for hydroxylation is 2. The van der Waals surface area contributed by atoms with Gasteiger partial charge in [0, 0.05) is 30.0 Å². The van der Waals surface area contributed by atoms with E-state index in [2.05, 4.69) is 15.1 Å². The van der Waals surface area contributed by atoms with Gasteiger partial charge < -0.3 is 9.64 Å².